The van der Waals surface area contributed by atoms with Crippen molar-refractivity contribution in [3.8, 4) is 5.75 Å². The van der Waals surface area contributed by atoms with Crippen LogP contribution in [0.1, 0.15) is 19.8 Å². The van der Waals surface area contributed by atoms with E-state index in [9.17, 15) is 4.79 Å². The average Bonchev–Trinajstić information content (AvgIpc) is 2.28. The number of para-hydroxylation sites is 2. The summed E-state index contributed by atoms with van der Waals surface area (Å²) in [5.74, 6) is 1.00. The van der Waals surface area contributed by atoms with E-state index in [1.165, 1.54) is 0 Å². The van der Waals surface area contributed by atoms with Gasteiger partial charge >= 0.3 is 0 Å². The van der Waals surface area contributed by atoms with Crippen LogP contribution >= 0.6 is 0 Å². The van der Waals surface area contributed by atoms with Crippen molar-refractivity contribution in [1.82, 2.24) is 0 Å². The van der Waals surface area contributed by atoms with Crippen LogP contribution in [0.15, 0.2) is 24.3 Å². The molecular weight excluding hydrogens is 190 g/mol. The van der Waals surface area contributed by atoms with E-state index in [0.29, 0.717) is 19.6 Å². The summed E-state index contributed by atoms with van der Waals surface area (Å²) in [6.07, 6.45) is 1.49. The van der Waals surface area contributed by atoms with Crippen LogP contribution < -0.4 is 9.64 Å². The van der Waals surface area contributed by atoms with Crippen LogP contribution in [0.5, 0.6) is 5.75 Å². The van der Waals surface area contributed by atoms with Crippen molar-refractivity contribution < 1.29 is 9.53 Å². The van der Waals surface area contributed by atoms with Crippen molar-refractivity contribution in [1.29, 1.82) is 0 Å². The maximum atomic E-state index is 11.8. The Morgan fingerprint density at radius 1 is 1.47 bits per heavy atom. The molecule has 1 aromatic carbocycles. The first kappa shape index (κ1) is 10.0. The fourth-order valence-electron chi connectivity index (χ4n) is 1.78. The molecule has 3 heteroatoms. The summed E-state index contributed by atoms with van der Waals surface area (Å²) in [6.45, 7) is 3.27. The second-order valence-electron chi connectivity index (χ2n) is 3.61. The van der Waals surface area contributed by atoms with Gasteiger partial charge in [-0.2, -0.15) is 0 Å². The van der Waals surface area contributed by atoms with Gasteiger partial charge in [-0.15, -0.1) is 0 Å². The number of hydrogen-bond donors (Lipinski definition) is 0. The van der Waals surface area contributed by atoms with Crippen LogP contribution in [0, 0.1) is 0 Å². The maximum absolute atomic E-state index is 11.8. The third kappa shape index (κ3) is 1.96. The summed E-state index contributed by atoms with van der Waals surface area (Å²) in [5, 5.41) is 0. The molecule has 0 saturated carbocycles. The van der Waals surface area contributed by atoms with Crippen LogP contribution in [0.2, 0.25) is 0 Å². The van der Waals surface area contributed by atoms with Gasteiger partial charge in [-0.1, -0.05) is 19.1 Å². The standard InChI is InChI=1S/C12H15NO2/c1-2-5-12(14)13-8-9-15-11-7-4-3-6-10(11)13/h3-4,6-7H,2,5,8-9H2,1H3. The lowest BCUT2D eigenvalue weighted by atomic mass is 10.2. The van der Waals surface area contributed by atoms with Gasteiger partial charge in [0.15, 0.2) is 0 Å². The number of fused-ring (bicyclic) bond motifs is 1. The minimum Gasteiger partial charge on any atom is -0.490 e. The molecular formula is C12H15NO2. The highest BCUT2D eigenvalue weighted by molar-refractivity contribution is 5.95. The number of rotatable bonds is 2. The van der Waals surface area contributed by atoms with E-state index < -0.39 is 0 Å². The zero-order valence-corrected chi connectivity index (χ0v) is 8.90. The molecule has 1 aliphatic heterocycles. The van der Waals surface area contributed by atoms with E-state index in [2.05, 4.69) is 0 Å². The molecule has 1 aromatic rings. The minimum absolute atomic E-state index is 0.188. The Balaban J connectivity index is 2.25. The summed E-state index contributed by atoms with van der Waals surface area (Å²) >= 11 is 0. The number of anilines is 1. The van der Waals surface area contributed by atoms with Gasteiger partial charge in [0.1, 0.15) is 12.4 Å². The fraction of sp³-hybridized carbons (Fsp3) is 0.417. The third-order valence-corrected chi connectivity index (χ3v) is 2.49. The summed E-state index contributed by atoms with van der Waals surface area (Å²) in [4.78, 5) is 13.7. The van der Waals surface area contributed by atoms with Gasteiger partial charge in [-0.3, -0.25) is 4.79 Å². The Kier molecular flexibility index (Phi) is 2.90. The molecule has 0 atom stereocenters. The Bertz CT molecular complexity index is 362. The lowest BCUT2D eigenvalue weighted by molar-refractivity contribution is -0.118. The van der Waals surface area contributed by atoms with E-state index in [1.807, 2.05) is 36.1 Å². The smallest absolute Gasteiger partial charge is 0.227 e. The lowest BCUT2D eigenvalue weighted by Gasteiger charge is -2.29. The van der Waals surface area contributed by atoms with Gasteiger partial charge in [-0.05, 0) is 18.6 Å². The zero-order chi connectivity index (χ0) is 10.7. The van der Waals surface area contributed by atoms with Gasteiger partial charge < -0.3 is 9.64 Å². The quantitative estimate of drug-likeness (QED) is 0.740. The van der Waals surface area contributed by atoms with Gasteiger partial charge in [0.25, 0.3) is 0 Å². The predicted octanol–water partition coefficient (Wildman–Crippen LogP) is 2.21. The predicted molar refractivity (Wildman–Crippen MR) is 59.2 cm³/mol. The fourth-order valence-corrected chi connectivity index (χ4v) is 1.78. The molecule has 1 aliphatic rings. The number of nitrogens with zero attached hydrogens (tertiary/aromatic N) is 1. The van der Waals surface area contributed by atoms with Crippen molar-refractivity contribution in [3.63, 3.8) is 0 Å². The second kappa shape index (κ2) is 4.34. The molecule has 1 amide bonds. The largest absolute Gasteiger partial charge is 0.490 e. The summed E-state index contributed by atoms with van der Waals surface area (Å²) in [5.41, 5.74) is 0.905. The van der Waals surface area contributed by atoms with Gasteiger partial charge in [-0.25, -0.2) is 0 Å². The molecule has 0 spiro atoms. The van der Waals surface area contributed by atoms with E-state index in [0.717, 1.165) is 17.9 Å². The molecule has 2 rings (SSSR count). The van der Waals surface area contributed by atoms with Crippen molar-refractivity contribution in [3.05, 3.63) is 24.3 Å². The molecule has 0 fully saturated rings. The number of amides is 1. The minimum atomic E-state index is 0.188. The number of carbonyl (C=O) groups excluding carboxylic acids is 1. The number of benzene rings is 1. The first-order valence-electron chi connectivity index (χ1n) is 5.35. The molecule has 0 aromatic heterocycles. The molecule has 0 unspecified atom stereocenters. The molecule has 3 nitrogen and oxygen atoms in total. The van der Waals surface area contributed by atoms with E-state index in [1.54, 1.807) is 0 Å². The van der Waals surface area contributed by atoms with Crippen molar-refractivity contribution in [2.24, 2.45) is 0 Å². The van der Waals surface area contributed by atoms with Gasteiger partial charge in [0.05, 0.1) is 12.2 Å². The molecule has 15 heavy (non-hydrogen) atoms. The third-order valence-electron chi connectivity index (χ3n) is 2.49. The average molecular weight is 205 g/mol. The van der Waals surface area contributed by atoms with E-state index in [-0.39, 0.29) is 5.91 Å². The Labute approximate surface area is 89.7 Å². The lowest BCUT2D eigenvalue weighted by Crippen LogP contribution is -2.37. The Morgan fingerprint density at radius 3 is 3.07 bits per heavy atom. The molecule has 0 saturated heterocycles. The van der Waals surface area contributed by atoms with Crippen molar-refractivity contribution in [2.45, 2.75) is 19.8 Å². The molecule has 0 aliphatic carbocycles. The SMILES string of the molecule is CCCC(=O)N1CCOc2ccccc21. The summed E-state index contributed by atoms with van der Waals surface area (Å²) in [7, 11) is 0. The van der Waals surface area contributed by atoms with Crippen molar-refractivity contribution >= 4 is 11.6 Å². The maximum Gasteiger partial charge on any atom is 0.227 e. The van der Waals surface area contributed by atoms with Gasteiger partial charge in [0.2, 0.25) is 5.91 Å². The number of hydrogen-bond acceptors (Lipinski definition) is 2. The van der Waals surface area contributed by atoms with Gasteiger partial charge in [0, 0.05) is 6.42 Å². The van der Waals surface area contributed by atoms with Crippen LogP contribution in [0.4, 0.5) is 5.69 Å². The van der Waals surface area contributed by atoms with Crippen LogP contribution in [0.25, 0.3) is 0 Å². The monoisotopic (exact) mass is 205 g/mol. The highest BCUT2D eigenvalue weighted by Crippen LogP contribution is 2.31. The van der Waals surface area contributed by atoms with Crippen LogP contribution in [-0.2, 0) is 4.79 Å². The van der Waals surface area contributed by atoms with Crippen molar-refractivity contribution in [2.75, 3.05) is 18.1 Å². The van der Waals surface area contributed by atoms with Crippen LogP contribution in [0.3, 0.4) is 0 Å². The topological polar surface area (TPSA) is 29.5 Å². The molecule has 0 radical (unpaired) electrons. The van der Waals surface area contributed by atoms with Crippen LogP contribution in [-0.4, -0.2) is 19.1 Å². The summed E-state index contributed by atoms with van der Waals surface area (Å²) < 4.78 is 5.49. The number of carbonyl (C=O) groups is 1. The molecule has 1 heterocycles. The highest BCUT2D eigenvalue weighted by atomic mass is 16.5. The first-order chi connectivity index (χ1) is 7.33. The van der Waals surface area contributed by atoms with E-state index >= 15 is 0 Å². The molecule has 80 valence electrons. The second-order valence-corrected chi connectivity index (χ2v) is 3.61. The molecule has 0 N–H and O–H groups in total. The normalized spacial score (nSPS) is 14.3. The highest BCUT2D eigenvalue weighted by Gasteiger charge is 2.21. The Morgan fingerprint density at radius 2 is 2.27 bits per heavy atom. The van der Waals surface area contributed by atoms with E-state index in [4.69, 9.17) is 4.74 Å². The molecule has 0 bridgehead atoms. The summed E-state index contributed by atoms with van der Waals surface area (Å²) in [6, 6.07) is 7.69. The Hall–Kier alpha value is -1.51. The number of ether oxygens (including phenoxy) is 1. The zero-order valence-electron chi connectivity index (χ0n) is 8.90. The first-order valence-corrected chi connectivity index (χ1v) is 5.35.